The summed E-state index contributed by atoms with van der Waals surface area (Å²) in [5.74, 6) is 6.13. The summed E-state index contributed by atoms with van der Waals surface area (Å²) in [6.07, 6.45) is 10.9. The summed E-state index contributed by atoms with van der Waals surface area (Å²) in [4.78, 5) is 12.1. The minimum atomic E-state index is -0.838. The summed E-state index contributed by atoms with van der Waals surface area (Å²) in [5, 5.41) is 11.3. The van der Waals surface area contributed by atoms with Gasteiger partial charge < -0.3 is 20.6 Å². The number of nitrogens with zero attached hydrogens (tertiary/aromatic N) is 2. The number of aliphatic carboxylic acids is 1. The second-order valence-electron chi connectivity index (χ2n) is 10.6. The minimum Gasteiger partial charge on any atom is -0.494 e. The Balaban J connectivity index is 1.75. The van der Waals surface area contributed by atoms with Gasteiger partial charge in [0.1, 0.15) is 11.4 Å². The van der Waals surface area contributed by atoms with Crippen LogP contribution in [0.3, 0.4) is 0 Å². The van der Waals surface area contributed by atoms with Crippen molar-refractivity contribution in [3.05, 3.63) is 52.1 Å². The fourth-order valence-electron chi connectivity index (χ4n) is 6.50. The molecule has 0 radical (unpaired) electrons. The van der Waals surface area contributed by atoms with E-state index < -0.39 is 5.97 Å². The van der Waals surface area contributed by atoms with Gasteiger partial charge in [0.25, 0.3) is 0 Å². The monoisotopic (exact) mass is 526 g/mol. The molecule has 202 valence electrons. The molecule has 0 amide bonds. The lowest BCUT2D eigenvalue weighted by Gasteiger charge is -2.33. The molecule has 8 heteroatoms. The first kappa shape index (κ1) is 27.6. The third-order valence-electron chi connectivity index (χ3n) is 8.21. The number of rotatable bonds is 10. The summed E-state index contributed by atoms with van der Waals surface area (Å²) in [6, 6.07) is 8.39. The van der Waals surface area contributed by atoms with Crippen molar-refractivity contribution in [3.63, 3.8) is 0 Å². The molecule has 2 atom stereocenters. The van der Waals surface area contributed by atoms with Gasteiger partial charge in [0.15, 0.2) is 0 Å². The predicted octanol–water partition coefficient (Wildman–Crippen LogP) is 5.65. The first-order chi connectivity index (χ1) is 17.7. The number of hydrogen-bond acceptors (Lipinski definition) is 7. The predicted molar refractivity (Wildman–Crippen MR) is 153 cm³/mol. The number of hydrazine groups is 1. The number of fused-ring (bicyclic) bond motifs is 1. The van der Waals surface area contributed by atoms with Crippen molar-refractivity contribution in [2.24, 2.45) is 11.8 Å². The van der Waals surface area contributed by atoms with Crippen LogP contribution in [-0.4, -0.2) is 42.3 Å². The van der Waals surface area contributed by atoms with Gasteiger partial charge >= 0.3 is 5.97 Å². The molecule has 1 fully saturated rings. The van der Waals surface area contributed by atoms with Crippen molar-refractivity contribution in [2.45, 2.75) is 70.3 Å². The number of nitrogen functional groups attached to an aromatic ring is 1. The number of carboxylic acids is 1. The normalized spacial score (nSPS) is 18.6. The highest BCUT2D eigenvalue weighted by atomic mass is 32.2. The van der Waals surface area contributed by atoms with Crippen LogP contribution < -0.4 is 21.3 Å². The number of anilines is 2. The lowest BCUT2D eigenvalue weighted by atomic mass is 9.83. The number of aryl methyl sites for hydroxylation is 1. The largest absolute Gasteiger partial charge is 0.494 e. The molecule has 5 N–H and O–H groups in total. The lowest BCUT2D eigenvalue weighted by molar-refractivity contribution is -0.137. The number of nitrogens with two attached hydrogens (primary N) is 2. The molecule has 0 aliphatic heterocycles. The average Bonchev–Trinajstić information content (AvgIpc) is 3.32. The third-order valence-corrected chi connectivity index (χ3v) is 9.09. The maximum atomic E-state index is 12.1. The zero-order chi connectivity index (χ0) is 26.7. The van der Waals surface area contributed by atoms with Gasteiger partial charge in [0.2, 0.25) is 0 Å². The van der Waals surface area contributed by atoms with Gasteiger partial charge in [-0.3, -0.25) is 4.79 Å². The summed E-state index contributed by atoms with van der Waals surface area (Å²) < 4.78 is 8.20. The van der Waals surface area contributed by atoms with Crippen LogP contribution >= 0.6 is 11.9 Å². The van der Waals surface area contributed by atoms with Crippen LogP contribution in [-0.2, 0) is 11.2 Å². The molecule has 0 spiro atoms. The molecule has 0 bridgehead atoms. The minimum absolute atomic E-state index is 0.0190. The first-order valence-corrected chi connectivity index (χ1v) is 14.5. The number of methoxy groups -OCH3 is 1. The molecular formula is C29H42N4O3S. The van der Waals surface area contributed by atoms with E-state index in [2.05, 4.69) is 29.6 Å². The van der Waals surface area contributed by atoms with Crippen molar-refractivity contribution >= 4 is 29.3 Å². The topological polar surface area (TPSA) is 105 Å². The van der Waals surface area contributed by atoms with E-state index in [0.29, 0.717) is 23.2 Å². The van der Waals surface area contributed by atoms with E-state index in [-0.39, 0.29) is 12.3 Å². The Kier molecular flexibility index (Phi) is 8.93. The molecule has 0 heterocycles. The van der Waals surface area contributed by atoms with Crippen molar-refractivity contribution < 1.29 is 14.6 Å². The highest BCUT2D eigenvalue weighted by molar-refractivity contribution is 7.96. The smallest absolute Gasteiger partial charge is 0.304 e. The van der Waals surface area contributed by atoms with E-state index >= 15 is 0 Å². The molecule has 2 aromatic carbocycles. The van der Waals surface area contributed by atoms with Gasteiger partial charge in [-0.25, -0.2) is 10.1 Å². The molecule has 2 unspecified atom stereocenters. The Morgan fingerprint density at radius 3 is 2.57 bits per heavy atom. The molecule has 0 aromatic heterocycles. The fraction of sp³-hybridized carbons (Fsp3) is 0.552. The van der Waals surface area contributed by atoms with Gasteiger partial charge in [-0.2, -0.15) is 0 Å². The number of ether oxygens (including phenoxy) is 1. The number of carbonyl (C=O) groups is 1. The van der Waals surface area contributed by atoms with Crippen molar-refractivity contribution in [1.29, 1.82) is 0 Å². The van der Waals surface area contributed by atoms with Crippen LogP contribution in [0.2, 0.25) is 0 Å². The van der Waals surface area contributed by atoms with Gasteiger partial charge in [0, 0.05) is 25.6 Å². The number of benzene rings is 2. The molecule has 4 rings (SSSR count). The highest BCUT2D eigenvalue weighted by Gasteiger charge is 2.34. The van der Waals surface area contributed by atoms with E-state index in [4.69, 9.17) is 16.3 Å². The average molecular weight is 527 g/mol. The van der Waals surface area contributed by atoms with Crippen molar-refractivity contribution in [1.82, 2.24) is 4.31 Å². The molecule has 37 heavy (non-hydrogen) atoms. The van der Waals surface area contributed by atoms with Crippen LogP contribution in [0.25, 0.3) is 0 Å². The molecule has 2 aliphatic carbocycles. The maximum Gasteiger partial charge on any atom is 0.304 e. The Morgan fingerprint density at radius 2 is 1.95 bits per heavy atom. The first-order valence-electron chi connectivity index (χ1n) is 13.4. The summed E-state index contributed by atoms with van der Waals surface area (Å²) >= 11 is 1.86. The molecule has 2 aliphatic rings. The van der Waals surface area contributed by atoms with Crippen LogP contribution in [0.15, 0.2) is 24.3 Å². The van der Waals surface area contributed by atoms with E-state index in [9.17, 15) is 9.90 Å². The van der Waals surface area contributed by atoms with Gasteiger partial charge in [-0.1, -0.05) is 43.3 Å². The summed E-state index contributed by atoms with van der Waals surface area (Å²) in [5.41, 5.74) is 13.3. The second-order valence-corrected chi connectivity index (χ2v) is 11.5. The Labute approximate surface area is 225 Å². The van der Waals surface area contributed by atoms with E-state index in [1.54, 1.807) is 14.2 Å². The van der Waals surface area contributed by atoms with Crippen LogP contribution in [0.5, 0.6) is 5.75 Å². The van der Waals surface area contributed by atoms with Crippen LogP contribution in [0, 0.1) is 12.8 Å². The Hall–Kier alpha value is -2.42. The van der Waals surface area contributed by atoms with Gasteiger partial charge in [-0.15, -0.1) is 0 Å². The van der Waals surface area contributed by atoms with Gasteiger partial charge in [0.05, 0.1) is 19.2 Å². The van der Waals surface area contributed by atoms with E-state index in [0.717, 1.165) is 36.4 Å². The maximum absolute atomic E-state index is 12.1. The fourth-order valence-corrected chi connectivity index (χ4v) is 7.33. The van der Waals surface area contributed by atoms with Gasteiger partial charge in [-0.05, 0) is 84.7 Å². The van der Waals surface area contributed by atoms with E-state index in [1.165, 1.54) is 53.8 Å². The standard InChI is InChI=1S/C29H42N4O3S/c1-18-10-11-21(22-12-13-25(28(18)22)33(37-4)17-19-8-6-5-7-9-19)23(16-27(34)35)20-14-24(30)29(32(2)31)26(15-20)36-3/h10-11,14-15,19,23,25H,5-9,12-13,16-17,30-31H2,1-4H3,(H,34,35). The SMILES string of the molecule is COc1cc(C(CC(=O)O)c2ccc(C)c3c2CCC3N(CC2CCCCC2)SC)cc(N)c1N(C)N. The number of carboxylic acid groups (broad SMARTS) is 1. The summed E-state index contributed by atoms with van der Waals surface area (Å²) in [6.45, 7) is 3.31. The molecule has 2 aromatic rings. The highest BCUT2D eigenvalue weighted by Crippen LogP contribution is 2.47. The van der Waals surface area contributed by atoms with Crippen molar-refractivity contribution in [3.8, 4) is 5.75 Å². The second kappa shape index (κ2) is 12.0. The summed E-state index contributed by atoms with van der Waals surface area (Å²) in [7, 11) is 3.29. The zero-order valence-electron chi connectivity index (χ0n) is 22.6. The van der Waals surface area contributed by atoms with Crippen LogP contribution in [0.1, 0.15) is 84.7 Å². The van der Waals surface area contributed by atoms with Crippen molar-refractivity contribution in [2.75, 3.05) is 37.7 Å². The lowest BCUT2D eigenvalue weighted by Crippen LogP contribution is -2.28. The molecule has 1 saturated carbocycles. The number of hydrogen-bond donors (Lipinski definition) is 3. The molecule has 0 saturated heterocycles. The van der Waals surface area contributed by atoms with E-state index in [1.807, 2.05) is 24.1 Å². The molecule has 7 nitrogen and oxygen atoms in total. The van der Waals surface area contributed by atoms with Crippen LogP contribution in [0.4, 0.5) is 11.4 Å². The zero-order valence-corrected chi connectivity index (χ0v) is 23.4. The molecular weight excluding hydrogens is 484 g/mol. The Bertz CT molecular complexity index is 1120. The Morgan fingerprint density at radius 1 is 1.22 bits per heavy atom. The third kappa shape index (κ3) is 5.86. The quantitative estimate of drug-likeness (QED) is 0.158.